The Morgan fingerprint density at radius 1 is 1.67 bits per heavy atom. The van der Waals surface area contributed by atoms with Crippen LogP contribution in [0.2, 0.25) is 0 Å². The van der Waals surface area contributed by atoms with E-state index in [-0.39, 0.29) is 6.10 Å². The maximum Gasteiger partial charge on any atom is 0.0934 e. The highest BCUT2D eigenvalue weighted by Gasteiger charge is 1.93. The summed E-state index contributed by atoms with van der Waals surface area (Å²) >= 11 is 4.10. The number of thiol groups is 1. The molecule has 0 spiro atoms. The Kier molecular flexibility index (Phi) is 6.91. The van der Waals surface area contributed by atoms with Gasteiger partial charge in [0.05, 0.1) is 6.10 Å². The van der Waals surface area contributed by atoms with E-state index in [0.29, 0.717) is 0 Å². The van der Waals surface area contributed by atoms with Gasteiger partial charge in [0.1, 0.15) is 0 Å². The Labute approximate surface area is 80.2 Å². The van der Waals surface area contributed by atoms with E-state index in [4.69, 9.17) is 4.74 Å². The van der Waals surface area contributed by atoms with E-state index in [2.05, 4.69) is 25.8 Å². The summed E-state index contributed by atoms with van der Waals surface area (Å²) in [5.41, 5.74) is 1.06. The van der Waals surface area contributed by atoms with Gasteiger partial charge in [0.25, 0.3) is 0 Å². The van der Waals surface area contributed by atoms with Crippen LogP contribution < -0.4 is 0 Å². The van der Waals surface area contributed by atoms with Gasteiger partial charge in [-0.15, -0.1) is 6.58 Å². The quantitative estimate of drug-likeness (QED) is 0.379. The van der Waals surface area contributed by atoms with Crippen LogP contribution in [0, 0.1) is 0 Å². The number of ether oxygens (including phenoxy) is 1. The lowest BCUT2D eigenvalue weighted by atomic mass is 10.2. The molecule has 0 bridgehead atoms. The van der Waals surface area contributed by atoms with E-state index in [0.717, 1.165) is 17.7 Å². The standard InChI is InChI=1S/C10H16OS/c1-4-10(11-3)6-5-9(2)7-8-12/h4-6,10,12H,1-2,7-8H2,3H3/b6-5-. The summed E-state index contributed by atoms with van der Waals surface area (Å²) in [6, 6.07) is 0. The summed E-state index contributed by atoms with van der Waals surface area (Å²) in [6.07, 6.45) is 6.52. The fourth-order valence-corrected chi connectivity index (χ4v) is 0.998. The molecule has 0 fully saturated rings. The van der Waals surface area contributed by atoms with Gasteiger partial charge in [-0.2, -0.15) is 12.6 Å². The monoisotopic (exact) mass is 184 g/mol. The summed E-state index contributed by atoms with van der Waals surface area (Å²) in [5.74, 6) is 0.828. The molecule has 0 aromatic carbocycles. The maximum atomic E-state index is 5.06. The zero-order valence-electron chi connectivity index (χ0n) is 7.49. The molecule has 0 aromatic heterocycles. The average Bonchev–Trinajstić information content (AvgIpc) is 2.07. The summed E-state index contributed by atoms with van der Waals surface area (Å²) in [7, 11) is 1.65. The number of hydrogen-bond acceptors (Lipinski definition) is 2. The lowest BCUT2D eigenvalue weighted by molar-refractivity contribution is 0.178. The number of hydrogen-bond donors (Lipinski definition) is 1. The van der Waals surface area contributed by atoms with E-state index < -0.39 is 0 Å². The molecule has 1 unspecified atom stereocenters. The Bertz CT molecular complexity index is 173. The highest BCUT2D eigenvalue weighted by Crippen LogP contribution is 2.03. The van der Waals surface area contributed by atoms with Crippen molar-refractivity contribution in [3.8, 4) is 0 Å². The Hall–Kier alpha value is -0.470. The molecule has 0 saturated heterocycles. The second kappa shape index (κ2) is 7.19. The first-order valence-electron chi connectivity index (χ1n) is 3.86. The Morgan fingerprint density at radius 2 is 2.33 bits per heavy atom. The van der Waals surface area contributed by atoms with Crippen LogP contribution in [-0.4, -0.2) is 19.0 Å². The Morgan fingerprint density at radius 3 is 2.75 bits per heavy atom. The minimum Gasteiger partial charge on any atom is -0.373 e. The Balaban J connectivity index is 3.86. The highest BCUT2D eigenvalue weighted by atomic mass is 32.1. The normalized spacial score (nSPS) is 13.2. The molecule has 0 heterocycles. The summed E-state index contributed by atoms with van der Waals surface area (Å²) in [6.45, 7) is 7.49. The molecular formula is C10H16OS. The molecule has 0 aliphatic heterocycles. The lowest BCUT2D eigenvalue weighted by Crippen LogP contribution is -2.00. The van der Waals surface area contributed by atoms with Crippen LogP contribution >= 0.6 is 12.6 Å². The number of methoxy groups -OCH3 is 1. The SMILES string of the molecule is C=CC(/C=C\C(=C)CCS)OC. The summed E-state index contributed by atoms with van der Waals surface area (Å²) in [5, 5.41) is 0. The molecule has 2 heteroatoms. The first kappa shape index (κ1) is 11.5. The molecule has 0 aliphatic rings. The summed E-state index contributed by atoms with van der Waals surface area (Å²) < 4.78 is 5.06. The van der Waals surface area contributed by atoms with Crippen molar-refractivity contribution in [2.75, 3.05) is 12.9 Å². The summed E-state index contributed by atoms with van der Waals surface area (Å²) in [4.78, 5) is 0. The molecule has 1 nitrogen and oxygen atoms in total. The second-order valence-electron chi connectivity index (χ2n) is 2.43. The van der Waals surface area contributed by atoms with Crippen LogP contribution in [0.3, 0.4) is 0 Å². The van der Waals surface area contributed by atoms with E-state index in [1.54, 1.807) is 13.2 Å². The van der Waals surface area contributed by atoms with Crippen molar-refractivity contribution < 1.29 is 4.74 Å². The molecule has 0 rings (SSSR count). The number of rotatable bonds is 6. The van der Waals surface area contributed by atoms with Crippen molar-refractivity contribution in [3.05, 3.63) is 37.0 Å². The predicted octanol–water partition coefficient (Wildman–Crippen LogP) is 2.62. The minimum absolute atomic E-state index is 0.0123. The van der Waals surface area contributed by atoms with Crippen LogP contribution in [0.25, 0.3) is 0 Å². The van der Waals surface area contributed by atoms with Crippen LogP contribution in [0.1, 0.15) is 6.42 Å². The molecule has 0 saturated carbocycles. The van der Waals surface area contributed by atoms with Gasteiger partial charge in [-0.3, -0.25) is 0 Å². The van der Waals surface area contributed by atoms with Crippen molar-refractivity contribution in [1.82, 2.24) is 0 Å². The van der Waals surface area contributed by atoms with Gasteiger partial charge in [-0.25, -0.2) is 0 Å². The molecule has 0 aliphatic carbocycles. The van der Waals surface area contributed by atoms with E-state index in [9.17, 15) is 0 Å². The smallest absolute Gasteiger partial charge is 0.0934 e. The van der Waals surface area contributed by atoms with E-state index >= 15 is 0 Å². The third-order valence-electron chi connectivity index (χ3n) is 1.46. The predicted molar refractivity (Wildman–Crippen MR) is 57.7 cm³/mol. The molecule has 0 amide bonds. The topological polar surface area (TPSA) is 9.23 Å². The van der Waals surface area contributed by atoms with Crippen LogP contribution in [0.15, 0.2) is 37.0 Å². The van der Waals surface area contributed by atoms with E-state index in [1.807, 2.05) is 12.2 Å². The molecule has 0 radical (unpaired) electrons. The fourth-order valence-electron chi connectivity index (χ4n) is 0.711. The average molecular weight is 184 g/mol. The van der Waals surface area contributed by atoms with Crippen molar-refractivity contribution in [2.24, 2.45) is 0 Å². The van der Waals surface area contributed by atoms with Crippen molar-refractivity contribution in [3.63, 3.8) is 0 Å². The van der Waals surface area contributed by atoms with Gasteiger partial charge in [-0.05, 0) is 12.2 Å². The third-order valence-corrected chi connectivity index (χ3v) is 1.68. The highest BCUT2D eigenvalue weighted by molar-refractivity contribution is 7.80. The van der Waals surface area contributed by atoms with Gasteiger partial charge >= 0.3 is 0 Å². The third kappa shape index (κ3) is 5.22. The fraction of sp³-hybridized carbons (Fsp3) is 0.400. The molecule has 0 N–H and O–H groups in total. The molecule has 68 valence electrons. The zero-order valence-corrected chi connectivity index (χ0v) is 8.39. The van der Waals surface area contributed by atoms with Crippen LogP contribution in [0.4, 0.5) is 0 Å². The van der Waals surface area contributed by atoms with Gasteiger partial charge in [0.2, 0.25) is 0 Å². The second-order valence-corrected chi connectivity index (χ2v) is 2.87. The molecule has 1 atom stereocenters. The van der Waals surface area contributed by atoms with Crippen molar-refractivity contribution >= 4 is 12.6 Å². The first-order valence-corrected chi connectivity index (χ1v) is 4.50. The van der Waals surface area contributed by atoms with Crippen molar-refractivity contribution in [1.29, 1.82) is 0 Å². The molecular weight excluding hydrogens is 168 g/mol. The van der Waals surface area contributed by atoms with E-state index in [1.165, 1.54) is 0 Å². The van der Waals surface area contributed by atoms with Gasteiger partial charge in [0.15, 0.2) is 0 Å². The van der Waals surface area contributed by atoms with Gasteiger partial charge < -0.3 is 4.74 Å². The van der Waals surface area contributed by atoms with Crippen molar-refractivity contribution in [2.45, 2.75) is 12.5 Å². The first-order chi connectivity index (χ1) is 5.74. The van der Waals surface area contributed by atoms with Crippen LogP contribution in [0.5, 0.6) is 0 Å². The largest absolute Gasteiger partial charge is 0.373 e. The zero-order chi connectivity index (χ0) is 9.40. The van der Waals surface area contributed by atoms with Gasteiger partial charge in [-0.1, -0.05) is 30.4 Å². The van der Waals surface area contributed by atoms with Gasteiger partial charge in [0, 0.05) is 7.11 Å². The number of allylic oxidation sites excluding steroid dienone is 2. The minimum atomic E-state index is -0.0123. The lowest BCUT2D eigenvalue weighted by Gasteiger charge is -2.03. The maximum absolute atomic E-state index is 5.06. The molecule has 12 heavy (non-hydrogen) atoms. The van der Waals surface area contributed by atoms with Crippen LogP contribution in [-0.2, 0) is 4.74 Å². The molecule has 0 aromatic rings.